The first kappa shape index (κ1) is 18.5. The van der Waals surface area contributed by atoms with Crippen molar-refractivity contribution in [3.05, 3.63) is 33.9 Å². The topological polar surface area (TPSA) is 109 Å². The second-order valence-corrected chi connectivity index (χ2v) is 8.20. The molecule has 29 heavy (non-hydrogen) atoms. The highest BCUT2D eigenvalue weighted by Crippen LogP contribution is 2.39. The normalized spacial score (nSPS) is 23.0. The average Bonchev–Trinajstić information content (AvgIpc) is 3.42. The number of aromatic carboxylic acids is 1. The summed E-state index contributed by atoms with van der Waals surface area (Å²) in [4.78, 5) is 35.6. The van der Waals surface area contributed by atoms with E-state index in [0.29, 0.717) is 18.7 Å². The first-order chi connectivity index (χ1) is 13.9. The van der Waals surface area contributed by atoms with Crippen molar-refractivity contribution in [2.45, 2.75) is 24.9 Å². The third-order valence-electron chi connectivity index (χ3n) is 6.27. The van der Waals surface area contributed by atoms with E-state index in [1.165, 1.54) is 6.20 Å². The molecule has 2 aliphatic heterocycles. The Morgan fingerprint density at radius 2 is 2.21 bits per heavy atom. The fourth-order valence-corrected chi connectivity index (χ4v) is 4.48. The number of hydrogen-bond donors (Lipinski definition) is 3. The number of nitrogens with zero attached hydrogens (tertiary/aromatic N) is 3. The summed E-state index contributed by atoms with van der Waals surface area (Å²) in [6.07, 6.45) is 3.10. The quantitative estimate of drug-likeness (QED) is 0.620. The number of rotatable bonds is 5. The van der Waals surface area contributed by atoms with Crippen LogP contribution in [0.4, 0.5) is 10.2 Å². The second kappa shape index (κ2) is 6.48. The van der Waals surface area contributed by atoms with Crippen LogP contribution in [0.15, 0.2) is 17.1 Å². The van der Waals surface area contributed by atoms with E-state index in [4.69, 9.17) is 4.84 Å². The Balaban J connectivity index is 1.62. The molecule has 3 fully saturated rings. The third-order valence-corrected chi connectivity index (χ3v) is 6.27. The summed E-state index contributed by atoms with van der Waals surface area (Å²) in [5, 5.41) is 12.6. The number of hydroxylamine groups is 1. The molecule has 1 spiro atoms. The number of hydrogen-bond acceptors (Lipinski definition) is 7. The number of halogens is 1. The van der Waals surface area contributed by atoms with E-state index < -0.39 is 17.2 Å². The van der Waals surface area contributed by atoms with E-state index >= 15 is 4.39 Å². The summed E-state index contributed by atoms with van der Waals surface area (Å²) < 4.78 is 16.8. The summed E-state index contributed by atoms with van der Waals surface area (Å²) in [5.41, 5.74) is 2.21. The standard InChI is InChI=1S/C19H22FN5O4/c1-29-23-14-6-24(9-19(14)7-21-8-19)17-13(20)4-11-15(26)12(18(27)28)5-25(10-2-3-10)16(11)22-17/h4-5,10,14,21,23H,2-3,6-9H2,1H3,(H,27,28). The number of pyridine rings is 2. The van der Waals surface area contributed by atoms with Gasteiger partial charge in [0.2, 0.25) is 5.43 Å². The molecule has 0 bridgehead atoms. The number of carboxylic acids is 1. The van der Waals surface area contributed by atoms with Crippen LogP contribution in [0.5, 0.6) is 0 Å². The maximum atomic E-state index is 15.1. The van der Waals surface area contributed by atoms with Crippen LogP contribution in [0.2, 0.25) is 0 Å². The molecule has 5 rings (SSSR count). The van der Waals surface area contributed by atoms with Crippen molar-refractivity contribution in [2.24, 2.45) is 5.41 Å². The third kappa shape index (κ3) is 2.82. The monoisotopic (exact) mass is 403 g/mol. The number of carboxylic acid groups (broad SMARTS) is 1. The lowest BCUT2D eigenvalue weighted by atomic mass is 9.78. The SMILES string of the molecule is CONC1CN(c2nc3c(cc2F)c(=O)c(C(=O)O)cn3C2CC2)CC12CNC2. The van der Waals surface area contributed by atoms with Crippen LogP contribution in [0.3, 0.4) is 0 Å². The summed E-state index contributed by atoms with van der Waals surface area (Å²) >= 11 is 0. The van der Waals surface area contributed by atoms with Crippen molar-refractivity contribution in [3.63, 3.8) is 0 Å². The molecule has 154 valence electrons. The predicted octanol–water partition coefficient (Wildman–Crippen LogP) is 0.498. The highest BCUT2D eigenvalue weighted by atomic mass is 19.1. The summed E-state index contributed by atoms with van der Waals surface area (Å²) in [7, 11) is 1.56. The van der Waals surface area contributed by atoms with Crippen LogP contribution in [0, 0.1) is 11.2 Å². The van der Waals surface area contributed by atoms with Crippen LogP contribution in [0.1, 0.15) is 29.2 Å². The fraction of sp³-hybridized carbons (Fsp3) is 0.526. The highest BCUT2D eigenvalue weighted by molar-refractivity contribution is 5.92. The van der Waals surface area contributed by atoms with Gasteiger partial charge in [-0.2, -0.15) is 5.48 Å². The molecule has 1 unspecified atom stereocenters. The van der Waals surface area contributed by atoms with E-state index in [1.807, 2.05) is 4.90 Å². The molecular formula is C19H22FN5O4. The lowest BCUT2D eigenvalue weighted by molar-refractivity contribution is 0.00975. The van der Waals surface area contributed by atoms with Crippen molar-refractivity contribution in [1.82, 2.24) is 20.3 Å². The van der Waals surface area contributed by atoms with Crippen LogP contribution in [-0.2, 0) is 4.84 Å². The van der Waals surface area contributed by atoms with Crippen molar-refractivity contribution in [3.8, 4) is 0 Å². The molecule has 1 atom stereocenters. The van der Waals surface area contributed by atoms with Gasteiger partial charge in [-0.15, -0.1) is 0 Å². The Morgan fingerprint density at radius 3 is 2.79 bits per heavy atom. The summed E-state index contributed by atoms with van der Waals surface area (Å²) in [5.74, 6) is -1.76. The van der Waals surface area contributed by atoms with Crippen molar-refractivity contribution in [1.29, 1.82) is 0 Å². The van der Waals surface area contributed by atoms with E-state index in [0.717, 1.165) is 32.0 Å². The minimum absolute atomic E-state index is 0.00355. The number of nitrogens with one attached hydrogen (secondary N) is 2. The lowest BCUT2D eigenvalue weighted by Crippen LogP contribution is -2.63. The molecule has 2 aromatic rings. The molecule has 1 saturated carbocycles. The lowest BCUT2D eigenvalue weighted by Gasteiger charge is -2.43. The Bertz CT molecular complexity index is 1060. The van der Waals surface area contributed by atoms with Gasteiger partial charge in [0.1, 0.15) is 11.2 Å². The number of fused-ring (bicyclic) bond motifs is 1. The molecule has 3 aliphatic rings. The molecule has 2 saturated heterocycles. The zero-order valence-electron chi connectivity index (χ0n) is 15.9. The number of anilines is 1. The van der Waals surface area contributed by atoms with Gasteiger partial charge < -0.3 is 24.7 Å². The Morgan fingerprint density at radius 1 is 1.45 bits per heavy atom. The molecule has 9 nitrogen and oxygen atoms in total. The molecule has 0 aromatic carbocycles. The zero-order valence-corrected chi connectivity index (χ0v) is 15.9. The van der Waals surface area contributed by atoms with Crippen LogP contribution >= 0.6 is 0 Å². The van der Waals surface area contributed by atoms with Crippen LogP contribution < -0.4 is 21.1 Å². The molecule has 3 N–H and O–H groups in total. The molecular weight excluding hydrogens is 381 g/mol. The molecule has 1 aliphatic carbocycles. The van der Waals surface area contributed by atoms with Gasteiger partial charge >= 0.3 is 5.97 Å². The molecule has 2 aromatic heterocycles. The van der Waals surface area contributed by atoms with Crippen molar-refractivity contribution < 1.29 is 19.1 Å². The highest BCUT2D eigenvalue weighted by Gasteiger charge is 2.51. The van der Waals surface area contributed by atoms with E-state index in [2.05, 4.69) is 15.8 Å². The number of aromatic nitrogens is 2. The Hall–Kier alpha value is -2.56. The largest absolute Gasteiger partial charge is 0.477 e. The van der Waals surface area contributed by atoms with Gasteiger partial charge in [0, 0.05) is 43.8 Å². The van der Waals surface area contributed by atoms with Crippen molar-refractivity contribution >= 4 is 22.8 Å². The van der Waals surface area contributed by atoms with E-state index in [9.17, 15) is 14.7 Å². The Kier molecular flexibility index (Phi) is 4.12. The number of carbonyl (C=O) groups is 1. The molecule has 0 amide bonds. The molecule has 10 heteroatoms. The van der Waals surface area contributed by atoms with Gasteiger partial charge in [-0.1, -0.05) is 0 Å². The minimum Gasteiger partial charge on any atom is -0.477 e. The maximum Gasteiger partial charge on any atom is 0.341 e. The van der Waals surface area contributed by atoms with Gasteiger partial charge in [0.25, 0.3) is 0 Å². The zero-order chi connectivity index (χ0) is 20.3. The van der Waals surface area contributed by atoms with Gasteiger partial charge in [0.05, 0.1) is 18.5 Å². The van der Waals surface area contributed by atoms with Crippen LogP contribution in [-0.4, -0.2) is 60.0 Å². The van der Waals surface area contributed by atoms with Gasteiger partial charge in [-0.05, 0) is 18.9 Å². The van der Waals surface area contributed by atoms with Gasteiger partial charge in [-0.25, -0.2) is 14.2 Å². The summed E-state index contributed by atoms with van der Waals surface area (Å²) in [6.45, 7) is 2.73. The van der Waals surface area contributed by atoms with Crippen LogP contribution in [0.25, 0.3) is 11.0 Å². The maximum absolute atomic E-state index is 15.1. The smallest absolute Gasteiger partial charge is 0.341 e. The molecule has 0 radical (unpaired) electrons. The first-order valence-corrected chi connectivity index (χ1v) is 9.66. The van der Waals surface area contributed by atoms with Gasteiger partial charge in [-0.3, -0.25) is 4.79 Å². The van der Waals surface area contributed by atoms with Gasteiger partial charge in [0.15, 0.2) is 11.6 Å². The van der Waals surface area contributed by atoms with Crippen molar-refractivity contribution in [2.75, 3.05) is 38.2 Å². The average molecular weight is 403 g/mol. The molecule has 4 heterocycles. The van der Waals surface area contributed by atoms with E-state index in [-0.39, 0.29) is 34.3 Å². The second-order valence-electron chi connectivity index (χ2n) is 8.20. The minimum atomic E-state index is -1.32. The predicted molar refractivity (Wildman–Crippen MR) is 103 cm³/mol. The fourth-order valence-electron chi connectivity index (χ4n) is 4.48. The summed E-state index contributed by atoms with van der Waals surface area (Å²) in [6, 6.07) is 1.24. The Labute approximate surface area is 165 Å². The van der Waals surface area contributed by atoms with E-state index in [1.54, 1.807) is 11.7 Å². The first-order valence-electron chi connectivity index (χ1n) is 9.66.